The Kier molecular flexibility index (Phi) is 5.36. The largest absolute Gasteiger partial charge is 0.282 e. The van der Waals surface area contributed by atoms with Gasteiger partial charge in [-0.3, -0.25) is 14.5 Å². The highest BCUT2D eigenvalue weighted by molar-refractivity contribution is 6.03. The lowest BCUT2D eigenvalue weighted by molar-refractivity contribution is -0.140. The van der Waals surface area contributed by atoms with Crippen molar-refractivity contribution in [2.75, 3.05) is 6.54 Å². The lowest BCUT2D eigenvalue weighted by Gasteiger charge is -2.24. The molecule has 0 N–H and O–H groups in total. The van der Waals surface area contributed by atoms with Crippen LogP contribution in [-0.2, 0) is 9.59 Å². The fourth-order valence-electron chi connectivity index (χ4n) is 2.47. The monoisotopic (exact) mass is 253 g/mol. The average Bonchev–Trinajstić information content (AvgIpc) is 2.55. The van der Waals surface area contributed by atoms with E-state index in [1.54, 1.807) is 0 Å². The minimum absolute atomic E-state index is 0.0235. The molecule has 104 valence electrons. The number of nitrogens with zero attached hydrogens (tertiary/aromatic N) is 1. The maximum atomic E-state index is 12.2. The van der Waals surface area contributed by atoms with Crippen molar-refractivity contribution in [3.05, 3.63) is 0 Å². The van der Waals surface area contributed by atoms with Gasteiger partial charge in [0.25, 0.3) is 0 Å². The maximum Gasteiger partial charge on any atom is 0.233 e. The molecule has 1 atom stereocenters. The molecular weight excluding hydrogens is 226 g/mol. The van der Waals surface area contributed by atoms with Gasteiger partial charge in [0.15, 0.2) is 0 Å². The standard InChI is InChI=1S/C15H27NO2/c1-5-6-7-8-9-10-16-13(17)11-12(14(16)18)15(2,3)4/h12H,5-11H2,1-4H3. The molecule has 0 saturated carbocycles. The summed E-state index contributed by atoms with van der Waals surface area (Å²) in [6.45, 7) is 8.91. The van der Waals surface area contributed by atoms with Gasteiger partial charge in [-0.25, -0.2) is 0 Å². The van der Waals surface area contributed by atoms with E-state index in [0.717, 1.165) is 12.8 Å². The first kappa shape index (κ1) is 15.2. The van der Waals surface area contributed by atoms with E-state index in [0.29, 0.717) is 13.0 Å². The van der Waals surface area contributed by atoms with Gasteiger partial charge < -0.3 is 0 Å². The predicted octanol–water partition coefficient (Wildman–Crippen LogP) is 3.38. The Labute approximate surface area is 111 Å². The average molecular weight is 253 g/mol. The van der Waals surface area contributed by atoms with E-state index >= 15 is 0 Å². The molecule has 1 saturated heterocycles. The van der Waals surface area contributed by atoms with Gasteiger partial charge >= 0.3 is 0 Å². The Bertz CT molecular complexity index is 304. The Morgan fingerprint density at radius 1 is 1.11 bits per heavy atom. The highest BCUT2D eigenvalue weighted by Crippen LogP contribution is 2.35. The smallest absolute Gasteiger partial charge is 0.233 e. The number of carbonyl (C=O) groups excluding carboxylic acids is 2. The van der Waals surface area contributed by atoms with Crippen molar-refractivity contribution in [3.8, 4) is 0 Å². The minimum Gasteiger partial charge on any atom is -0.282 e. The topological polar surface area (TPSA) is 37.4 Å². The molecule has 0 aliphatic carbocycles. The third-order valence-electron chi connectivity index (χ3n) is 3.77. The highest BCUT2D eigenvalue weighted by atomic mass is 16.2. The van der Waals surface area contributed by atoms with Crippen LogP contribution in [0, 0.1) is 11.3 Å². The van der Waals surface area contributed by atoms with Gasteiger partial charge in [-0.1, -0.05) is 53.4 Å². The first-order chi connectivity index (χ1) is 8.38. The second-order valence-corrected chi connectivity index (χ2v) is 6.42. The third-order valence-corrected chi connectivity index (χ3v) is 3.77. The van der Waals surface area contributed by atoms with Crippen molar-refractivity contribution in [1.29, 1.82) is 0 Å². The number of unbranched alkanes of at least 4 members (excludes halogenated alkanes) is 4. The first-order valence-electron chi connectivity index (χ1n) is 7.22. The normalized spacial score (nSPS) is 20.9. The number of likely N-dealkylation sites (tertiary alicyclic amines) is 1. The summed E-state index contributed by atoms with van der Waals surface area (Å²) in [6, 6.07) is 0. The van der Waals surface area contributed by atoms with Crippen molar-refractivity contribution in [2.45, 2.75) is 66.2 Å². The molecule has 1 aliphatic heterocycles. The van der Waals surface area contributed by atoms with Gasteiger partial charge in [0.05, 0.1) is 5.92 Å². The van der Waals surface area contributed by atoms with Crippen LogP contribution in [0.4, 0.5) is 0 Å². The maximum absolute atomic E-state index is 12.2. The summed E-state index contributed by atoms with van der Waals surface area (Å²) in [5.41, 5.74) is -0.107. The molecule has 2 amide bonds. The van der Waals surface area contributed by atoms with E-state index in [-0.39, 0.29) is 23.1 Å². The lowest BCUT2D eigenvalue weighted by Crippen LogP contribution is -2.34. The number of imide groups is 1. The van der Waals surface area contributed by atoms with Gasteiger partial charge in [0, 0.05) is 13.0 Å². The van der Waals surface area contributed by atoms with Gasteiger partial charge in [-0.2, -0.15) is 0 Å². The van der Waals surface area contributed by atoms with E-state index in [4.69, 9.17) is 0 Å². The quantitative estimate of drug-likeness (QED) is 0.537. The van der Waals surface area contributed by atoms with Gasteiger partial charge in [0.2, 0.25) is 11.8 Å². The Morgan fingerprint density at radius 3 is 2.22 bits per heavy atom. The molecule has 1 heterocycles. The molecule has 1 rings (SSSR count). The van der Waals surface area contributed by atoms with Crippen LogP contribution in [0.25, 0.3) is 0 Å². The summed E-state index contributed by atoms with van der Waals surface area (Å²) >= 11 is 0. The van der Waals surface area contributed by atoms with Crippen molar-refractivity contribution in [2.24, 2.45) is 11.3 Å². The summed E-state index contributed by atoms with van der Waals surface area (Å²) in [6.07, 6.45) is 6.13. The first-order valence-corrected chi connectivity index (χ1v) is 7.22. The van der Waals surface area contributed by atoms with E-state index < -0.39 is 0 Å². The number of hydrogen-bond acceptors (Lipinski definition) is 2. The molecule has 0 aromatic heterocycles. The SMILES string of the molecule is CCCCCCCN1C(=O)CC(C(C)(C)C)C1=O. The second-order valence-electron chi connectivity index (χ2n) is 6.42. The lowest BCUT2D eigenvalue weighted by atomic mass is 9.80. The van der Waals surface area contributed by atoms with Crippen molar-refractivity contribution in [1.82, 2.24) is 4.90 Å². The van der Waals surface area contributed by atoms with E-state index in [2.05, 4.69) is 6.92 Å². The summed E-state index contributed by atoms with van der Waals surface area (Å²) < 4.78 is 0. The zero-order valence-electron chi connectivity index (χ0n) is 12.3. The highest BCUT2D eigenvalue weighted by Gasteiger charge is 2.43. The Hall–Kier alpha value is -0.860. The second kappa shape index (κ2) is 6.35. The van der Waals surface area contributed by atoms with Crippen LogP contribution < -0.4 is 0 Å². The molecule has 1 unspecified atom stereocenters. The Balaban J connectivity index is 2.43. The van der Waals surface area contributed by atoms with Gasteiger partial charge in [-0.05, 0) is 11.8 Å². The van der Waals surface area contributed by atoms with Crippen molar-refractivity contribution < 1.29 is 9.59 Å². The van der Waals surface area contributed by atoms with Gasteiger partial charge in [0.1, 0.15) is 0 Å². The van der Waals surface area contributed by atoms with Crippen LogP contribution in [0.1, 0.15) is 66.2 Å². The molecule has 0 bridgehead atoms. The molecule has 0 aromatic carbocycles. The molecule has 3 heteroatoms. The fourth-order valence-corrected chi connectivity index (χ4v) is 2.47. The summed E-state index contributed by atoms with van der Waals surface area (Å²) in [7, 11) is 0. The van der Waals surface area contributed by atoms with Crippen LogP contribution in [0.15, 0.2) is 0 Å². The zero-order chi connectivity index (χ0) is 13.8. The zero-order valence-corrected chi connectivity index (χ0v) is 12.3. The molecule has 1 fully saturated rings. The molecule has 0 radical (unpaired) electrons. The summed E-state index contributed by atoms with van der Waals surface area (Å²) in [4.78, 5) is 25.5. The predicted molar refractivity (Wildman–Crippen MR) is 73.0 cm³/mol. The third kappa shape index (κ3) is 3.82. The van der Waals surface area contributed by atoms with Crippen LogP contribution in [0.2, 0.25) is 0 Å². The van der Waals surface area contributed by atoms with Crippen LogP contribution in [0.5, 0.6) is 0 Å². The Morgan fingerprint density at radius 2 is 1.72 bits per heavy atom. The van der Waals surface area contributed by atoms with Crippen molar-refractivity contribution >= 4 is 11.8 Å². The number of amides is 2. The molecule has 1 aliphatic rings. The summed E-state index contributed by atoms with van der Waals surface area (Å²) in [5, 5.41) is 0. The summed E-state index contributed by atoms with van der Waals surface area (Å²) in [5.74, 6) is -0.0564. The van der Waals surface area contributed by atoms with Crippen LogP contribution in [0.3, 0.4) is 0 Å². The molecular formula is C15H27NO2. The molecule has 18 heavy (non-hydrogen) atoms. The van der Waals surface area contributed by atoms with Gasteiger partial charge in [-0.15, -0.1) is 0 Å². The van der Waals surface area contributed by atoms with E-state index in [1.165, 1.54) is 24.2 Å². The van der Waals surface area contributed by atoms with Crippen LogP contribution >= 0.6 is 0 Å². The van der Waals surface area contributed by atoms with Crippen LogP contribution in [-0.4, -0.2) is 23.3 Å². The molecule has 0 aromatic rings. The number of rotatable bonds is 6. The fraction of sp³-hybridized carbons (Fsp3) is 0.867. The van der Waals surface area contributed by atoms with E-state index in [9.17, 15) is 9.59 Å². The minimum atomic E-state index is -0.124. The number of hydrogen-bond donors (Lipinski definition) is 0. The molecule has 0 spiro atoms. The van der Waals surface area contributed by atoms with E-state index in [1.807, 2.05) is 20.8 Å². The number of carbonyl (C=O) groups is 2. The molecule has 3 nitrogen and oxygen atoms in total. The van der Waals surface area contributed by atoms with Crippen molar-refractivity contribution in [3.63, 3.8) is 0 Å².